The molecule has 136 valence electrons. The molecule has 0 radical (unpaired) electrons. The molecule has 2 aromatic carbocycles. The van der Waals surface area contributed by atoms with E-state index in [1.54, 1.807) is 30.3 Å². The van der Waals surface area contributed by atoms with Crippen molar-refractivity contribution < 1.29 is 19.0 Å². The van der Waals surface area contributed by atoms with Gasteiger partial charge >= 0.3 is 5.97 Å². The Labute approximate surface area is 151 Å². The van der Waals surface area contributed by atoms with Crippen LogP contribution in [0.3, 0.4) is 0 Å². The Morgan fingerprint density at radius 3 is 2.35 bits per heavy atom. The number of benzene rings is 2. The lowest BCUT2D eigenvalue weighted by molar-refractivity contribution is 0.0600. The van der Waals surface area contributed by atoms with Crippen molar-refractivity contribution >= 4 is 18.1 Å². The number of esters is 1. The van der Waals surface area contributed by atoms with Crippen LogP contribution in [0.2, 0.25) is 0 Å². The number of carbonyl (C=O) groups excluding carboxylic acids is 1. The Morgan fingerprint density at radius 1 is 1.04 bits per heavy atom. The van der Waals surface area contributed by atoms with E-state index in [1.165, 1.54) is 13.3 Å². The molecule has 26 heavy (non-hydrogen) atoms. The minimum atomic E-state index is -0.411. The molecule has 2 aromatic rings. The molecule has 0 bridgehead atoms. The quantitative estimate of drug-likeness (QED) is 0.243. The van der Waals surface area contributed by atoms with Crippen LogP contribution in [0.25, 0.3) is 0 Å². The zero-order valence-electron chi connectivity index (χ0n) is 14.3. The fraction of sp³-hybridized carbons (Fsp3) is 0.167. The lowest BCUT2D eigenvalue weighted by Gasteiger charge is -2.09. The van der Waals surface area contributed by atoms with Gasteiger partial charge in [0.2, 0.25) is 5.96 Å². The zero-order valence-corrected chi connectivity index (χ0v) is 14.3. The number of hydrogen-bond donors (Lipinski definition) is 2. The van der Waals surface area contributed by atoms with E-state index in [9.17, 15) is 4.79 Å². The first-order valence-electron chi connectivity index (χ1n) is 7.74. The molecule has 0 fully saturated rings. The number of nitrogens with zero attached hydrogens (tertiary/aromatic N) is 2. The summed E-state index contributed by atoms with van der Waals surface area (Å²) in [7, 11) is 1.33. The normalized spacial score (nSPS) is 10.3. The summed E-state index contributed by atoms with van der Waals surface area (Å²) >= 11 is 0. The SMILES string of the molecule is COC(=O)c1cccc(OCCOc2cccc(C=NN=C(N)N)c2)c1. The third kappa shape index (κ3) is 6.16. The molecule has 0 heterocycles. The van der Waals surface area contributed by atoms with E-state index in [1.807, 2.05) is 18.2 Å². The summed E-state index contributed by atoms with van der Waals surface area (Å²) < 4.78 is 15.9. The molecule has 8 nitrogen and oxygen atoms in total. The van der Waals surface area contributed by atoms with Gasteiger partial charge in [-0.2, -0.15) is 5.10 Å². The van der Waals surface area contributed by atoms with Crippen molar-refractivity contribution in [2.45, 2.75) is 0 Å². The largest absolute Gasteiger partial charge is 0.490 e. The Balaban J connectivity index is 1.84. The highest BCUT2D eigenvalue weighted by molar-refractivity contribution is 5.89. The van der Waals surface area contributed by atoms with Crippen LogP contribution in [0, 0.1) is 0 Å². The molecule has 8 heteroatoms. The third-order valence-electron chi connectivity index (χ3n) is 3.11. The topological polar surface area (TPSA) is 122 Å². The molecular formula is C18H20N4O4. The van der Waals surface area contributed by atoms with Gasteiger partial charge in [-0.25, -0.2) is 4.79 Å². The molecule has 0 saturated heterocycles. The van der Waals surface area contributed by atoms with Crippen LogP contribution >= 0.6 is 0 Å². The second-order valence-corrected chi connectivity index (χ2v) is 5.06. The maximum Gasteiger partial charge on any atom is 0.337 e. The van der Waals surface area contributed by atoms with E-state index in [-0.39, 0.29) is 5.96 Å². The van der Waals surface area contributed by atoms with Gasteiger partial charge < -0.3 is 25.7 Å². The zero-order chi connectivity index (χ0) is 18.8. The van der Waals surface area contributed by atoms with Crippen LogP contribution < -0.4 is 20.9 Å². The van der Waals surface area contributed by atoms with Crippen LogP contribution in [0.15, 0.2) is 58.7 Å². The molecule has 2 rings (SSSR count). The van der Waals surface area contributed by atoms with Gasteiger partial charge in [0.05, 0.1) is 18.9 Å². The standard InChI is InChI=1S/C18H20N4O4/c1-24-17(23)14-5-3-7-16(11-14)26-9-8-25-15-6-2-4-13(10-15)12-21-22-18(19)20/h2-7,10-12H,8-9H2,1H3,(H4,19,20,22). The van der Waals surface area contributed by atoms with Gasteiger partial charge in [0.15, 0.2) is 0 Å². The first-order chi connectivity index (χ1) is 12.6. The smallest absolute Gasteiger partial charge is 0.337 e. The average molecular weight is 356 g/mol. The van der Waals surface area contributed by atoms with Crippen molar-refractivity contribution in [1.29, 1.82) is 0 Å². The first-order valence-corrected chi connectivity index (χ1v) is 7.74. The molecule has 4 N–H and O–H groups in total. The summed E-state index contributed by atoms with van der Waals surface area (Å²) in [5, 5.41) is 7.27. The highest BCUT2D eigenvalue weighted by atomic mass is 16.5. The van der Waals surface area contributed by atoms with Crippen molar-refractivity contribution in [2.24, 2.45) is 21.7 Å². The minimum absolute atomic E-state index is 0.109. The second-order valence-electron chi connectivity index (χ2n) is 5.06. The molecule has 0 amide bonds. The van der Waals surface area contributed by atoms with Crippen LogP contribution in [0.4, 0.5) is 0 Å². The van der Waals surface area contributed by atoms with Crippen LogP contribution in [-0.4, -0.2) is 38.5 Å². The predicted molar refractivity (Wildman–Crippen MR) is 98.6 cm³/mol. The van der Waals surface area contributed by atoms with Gasteiger partial charge in [-0.15, -0.1) is 5.10 Å². The van der Waals surface area contributed by atoms with Crippen LogP contribution in [0.5, 0.6) is 11.5 Å². The van der Waals surface area contributed by atoms with Gasteiger partial charge in [-0.1, -0.05) is 18.2 Å². The van der Waals surface area contributed by atoms with E-state index in [0.29, 0.717) is 30.3 Å². The molecule has 0 atom stereocenters. The van der Waals surface area contributed by atoms with Crippen molar-refractivity contribution in [3.63, 3.8) is 0 Å². The van der Waals surface area contributed by atoms with Gasteiger partial charge in [-0.3, -0.25) is 0 Å². The molecule has 0 spiro atoms. The fourth-order valence-corrected chi connectivity index (χ4v) is 2.00. The maximum absolute atomic E-state index is 11.5. The predicted octanol–water partition coefficient (Wildman–Crippen LogP) is 1.54. The average Bonchev–Trinajstić information content (AvgIpc) is 2.65. The van der Waals surface area contributed by atoms with Gasteiger partial charge in [0, 0.05) is 0 Å². The number of guanidine groups is 1. The molecule has 0 aliphatic heterocycles. The molecule has 0 unspecified atom stereocenters. The summed E-state index contributed by atoms with van der Waals surface area (Å²) in [6.07, 6.45) is 1.52. The molecule has 0 saturated carbocycles. The number of ether oxygens (including phenoxy) is 3. The number of methoxy groups -OCH3 is 1. The third-order valence-corrected chi connectivity index (χ3v) is 3.11. The van der Waals surface area contributed by atoms with E-state index in [0.717, 1.165) is 5.56 Å². The number of carbonyl (C=O) groups is 1. The molecule has 0 aromatic heterocycles. The Kier molecular flexibility index (Phi) is 6.99. The van der Waals surface area contributed by atoms with E-state index >= 15 is 0 Å². The van der Waals surface area contributed by atoms with Crippen LogP contribution in [0.1, 0.15) is 15.9 Å². The summed E-state index contributed by atoms with van der Waals surface area (Å²) in [5.74, 6) is 0.702. The van der Waals surface area contributed by atoms with Gasteiger partial charge in [0.25, 0.3) is 0 Å². The first kappa shape index (κ1) is 18.8. The van der Waals surface area contributed by atoms with E-state index in [4.69, 9.17) is 20.9 Å². The monoisotopic (exact) mass is 356 g/mol. The van der Waals surface area contributed by atoms with Crippen molar-refractivity contribution in [3.05, 3.63) is 59.7 Å². The second kappa shape index (κ2) is 9.67. The van der Waals surface area contributed by atoms with Crippen molar-refractivity contribution in [1.82, 2.24) is 0 Å². The summed E-state index contributed by atoms with van der Waals surface area (Å²) in [4.78, 5) is 11.5. The van der Waals surface area contributed by atoms with E-state index in [2.05, 4.69) is 14.9 Å². The van der Waals surface area contributed by atoms with Crippen LogP contribution in [-0.2, 0) is 4.74 Å². The lowest BCUT2D eigenvalue weighted by Crippen LogP contribution is -2.21. The minimum Gasteiger partial charge on any atom is -0.490 e. The maximum atomic E-state index is 11.5. The Hall–Kier alpha value is -3.55. The Morgan fingerprint density at radius 2 is 1.69 bits per heavy atom. The summed E-state index contributed by atoms with van der Waals surface area (Å²) in [6.45, 7) is 0.647. The fourth-order valence-electron chi connectivity index (χ4n) is 2.00. The van der Waals surface area contributed by atoms with Gasteiger partial charge in [0.1, 0.15) is 24.7 Å². The summed E-state index contributed by atoms with van der Waals surface area (Å²) in [6, 6.07) is 14.0. The van der Waals surface area contributed by atoms with Crippen molar-refractivity contribution in [3.8, 4) is 11.5 Å². The highest BCUT2D eigenvalue weighted by Crippen LogP contribution is 2.15. The molecule has 0 aliphatic rings. The number of rotatable bonds is 8. The molecular weight excluding hydrogens is 336 g/mol. The van der Waals surface area contributed by atoms with Gasteiger partial charge in [-0.05, 0) is 35.9 Å². The number of nitrogens with two attached hydrogens (primary N) is 2. The summed E-state index contributed by atoms with van der Waals surface area (Å²) in [5.41, 5.74) is 11.6. The lowest BCUT2D eigenvalue weighted by atomic mass is 10.2. The highest BCUT2D eigenvalue weighted by Gasteiger charge is 2.06. The van der Waals surface area contributed by atoms with Crippen molar-refractivity contribution in [2.75, 3.05) is 20.3 Å². The Bertz CT molecular complexity index is 801. The number of hydrogen-bond acceptors (Lipinski definition) is 6. The molecule has 0 aliphatic carbocycles. The van der Waals surface area contributed by atoms with E-state index < -0.39 is 5.97 Å².